The molecule has 0 saturated heterocycles. The van der Waals surface area contributed by atoms with Crippen LogP contribution in [0.1, 0.15) is 16.1 Å². The second-order valence-corrected chi connectivity index (χ2v) is 5.05. The maximum atomic E-state index is 11.8. The van der Waals surface area contributed by atoms with E-state index in [-0.39, 0.29) is 23.7 Å². The monoisotopic (exact) mass is 319 g/mol. The van der Waals surface area contributed by atoms with Crippen LogP contribution in [0.3, 0.4) is 0 Å². The van der Waals surface area contributed by atoms with E-state index in [2.05, 4.69) is 15.6 Å². The van der Waals surface area contributed by atoms with Gasteiger partial charge in [-0.2, -0.15) is 0 Å². The molecule has 0 spiro atoms. The van der Waals surface area contributed by atoms with Gasteiger partial charge in [0.15, 0.2) is 0 Å². The van der Waals surface area contributed by atoms with Gasteiger partial charge >= 0.3 is 0 Å². The number of aryl methyl sites for hydroxylation is 1. The Morgan fingerprint density at radius 3 is 2.73 bits per heavy atom. The molecule has 0 aliphatic carbocycles. The number of halogens is 1. The number of anilines is 1. The Morgan fingerprint density at radius 2 is 2.05 bits per heavy atom. The second kappa shape index (κ2) is 6.91. The number of amides is 2. The Hall–Kier alpha value is -2.60. The number of hydrogen-bond acceptors (Lipinski definition) is 4. The van der Waals surface area contributed by atoms with Gasteiger partial charge in [0.2, 0.25) is 5.91 Å². The van der Waals surface area contributed by atoms with Crippen LogP contribution >= 0.6 is 11.6 Å². The minimum absolute atomic E-state index is 0.0313. The summed E-state index contributed by atoms with van der Waals surface area (Å²) in [7, 11) is 0. The van der Waals surface area contributed by atoms with E-state index >= 15 is 0 Å². The minimum atomic E-state index is -0.509. The van der Waals surface area contributed by atoms with E-state index in [1.54, 1.807) is 18.2 Å². The zero-order valence-corrected chi connectivity index (χ0v) is 12.5. The first kappa shape index (κ1) is 15.8. The lowest BCUT2D eigenvalue weighted by atomic mass is 10.2. The molecule has 6 nitrogen and oxygen atoms in total. The van der Waals surface area contributed by atoms with Crippen LogP contribution in [-0.2, 0) is 4.79 Å². The van der Waals surface area contributed by atoms with Crippen molar-refractivity contribution in [1.29, 1.82) is 0 Å². The second-order valence-electron chi connectivity index (χ2n) is 4.61. The summed E-state index contributed by atoms with van der Waals surface area (Å²) in [5.74, 6) is -1.00. The third-order valence-electron chi connectivity index (χ3n) is 2.79. The predicted octanol–water partition coefficient (Wildman–Crippen LogP) is 2.12. The fourth-order valence-corrected chi connectivity index (χ4v) is 1.88. The largest absolute Gasteiger partial charge is 0.506 e. The average Bonchev–Trinajstić information content (AvgIpc) is 2.47. The van der Waals surface area contributed by atoms with E-state index in [1.807, 2.05) is 6.92 Å². The van der Waals surface area contributed by atoms with Crippen LogP contribution in [0, 0.1) is 6.92 Å². The highest BCUT2D eigenvalue weighted by atomic mass is 35.5. The van der Waals surface area contributed by atoms with Crippen LogP contribution < -0.4 is 10.6 Å². The number of nitrogens with one attached hydrogen (secondary N) is 2. The summed E-state index contributed by atoms with van der Waals surface area (Å²) < 4.78 is 0. The summed E-state index contributed by atoms with van der Waals surface area (Å²) in [6, 6.07) is 7.82. The number of carbonyl (C=O) groups excluding carboxylic acids is 2. The highest BCUT2D eigenvalue weighted by Crippen LogP contribution is 2.23. The topological polar surface area (TPSA) is 91.3 Å². The minimum Gasteiger partial charge on any atom is -0.506 e. The van der Waals surface area contributed by atoms with Gasteiger partial charge in [0.05, 0.1) is 12.2 Å². The molecule has 2 aromatic rings. The van der Waals surface area contributed by atoms with Gasteiger partial charge in [0, 0.05) is 11.2 Å². The molecule has 1 heterocycles. The quantitative estimate of drug-likeness (QED) is 0.753. The van der Waals surface area contributed by atoms with Crippen LogP contribution in [0.2, 0.25) is 5.02 Å². The normalized spacial score (nSPS) is 10.1. The summed E-state index contributed by atoms with van der Waals surface area (Å²) in [6.45, 7) is 1.57. The number of benzene rings is 1. The smallest absolute Gasteiger partial charge is 0.270 e. The zero-order valence-electron chi connectivity index (χ0n) is 11.8. The Morgan fingerprint density at radius 1 is 1.27 bits per heavy atom. The summed E-state index contributed by atoms with van der Waals surface area (Å²) in [5.41, 5.74) is 1.28. The lowest BCUT2D eigenvalue weighted by molar-refractivity contribution is -0.115. The number of carbonyl (C=O) groups is 2. The number of pyridine rings is 1. The molecule has 0 bridgehead atoms. The average molecular weight is 320 g/mol. The fraction of sp³-hybridized carbons (Fsp3) is 0.133. The number of aromatic nitrogens is 1. The first-order valence-electron chi connectivity index (χ1n) is 6.45. The third kappa shape index (κ3) is 4.20. The number of aromatic hydroxyl groups is 1. The van der Waals surface area contributed by atoms with Crippen molar-refractivity contribution in [3.63, 3.8) is 0 Å². The molecular weight excluding hydrogens is 306 g/mol. The van der Waals surface area contributed by atoms with Crippen molar-refractivity contribution in [1.82, 2.24) is 10.3 Å². The predicted molar refractivity (Wildman–Crippen MR) is 83.1 cm³/mol. The number of phenolic OH excluding ortho intramolecular Hbond substituents is 1. The summed E-state index contributed by atoms with van der Waals surface area (Å²) >= 11 is 5.76. The standard InChI is InChI=1S/C15H14ClN3O3/c1-9-2-3-11(13(20)6-9)19-14(21)8-18-15(22)12-7-10(16)4-5-17-12/h2-7,20H,8H2,1H3,(H,18,22)(H,19,21). The number of nitrogens with zero attached hydrogens (tertiary/aromatic N) is 1. The number of phenols is 1. The first-order valence-corrected chi connectivity index (χ1v) is 6.83. The van der Waals surface area contributed by atoms with Gasteiger partial charge in [0.1, 0.15) is 11.4 Å². The molecule has 2 amide bonds. The summed E-state index contributed by atoms with van der Waals surface area (Å²) in [4.78, 5) is 27.4. The van der Waals surface area contributed by atoms with Gasteiger partial charge in [-0.05, 0) is 36.8 Å². The summed E-state index contributed by atoms with van der Waals surface area (Å²) in [6.07, 6.45) is 1.40. The van der Waals surface area contributed by atoms with Crippen LogP contribution in [0.15, 0.2) is 36.5 Å². The van der Waals surface area contributed by atoms with Crippen molar-refractivity contribution in [3.05, 3.63) is 52.8 Å². The molecular formula is C15H14ClN3O3. The van der Waals surface area contributed by atoms with E-state index in [0.29, 0.717) is 5.02 Å². The van der Waals surface area contributed by atoms with Crippen molar-refractivity contribution in [2.24, 2.45) is 0 Å². The number of hydrogen-bond donors (Lipinski definition) is 3. The molecule has 3 N–H and O–H groups in total. The Bertz CT molecular complexity index is 719. The van der Waals surface area contributed by atoms with Crippen LogP contribution in [0.4, 0.5) is 5.69 Å². The molecule has 0 aliphatic heterocycles. The molecule has 114 valence electrons. The first-order chi connectivity index (χ1) is 10.5. The molecule has 0 radical (unpaired) electrons. The van der Waals surface area contributed by atoms with E-state index in [4.69, 9.17) is 11.6 Å². The molecule has 0 saturated carbocycles. The lowest BCUT2D eigenvalue weighted by Crippen LogP contribution is -2.33. The van der Waals surface area contributed by atoms with Gasteiger partial charge in [0.25, 0.3) is 5.91 Å². The van der Waals surface area contributed by atoms with Crippen molar-refractivity contribution in [2.45, 2.75) is 6.92 Å². The van der Waals surface area contributed by atoms with Crippen molar-refractivity contribution < 1.29 is 14.7 Å². The molecule has 1 aromatic heterocycles. The van der Waals surface area contributed by atoms with Gasteiger partial charge in [-0.3, -0.25) is 14.6 Å². The molecule has 7 heteroatoms. The molecule has 1 aromatic carbocycles. The Labute approximate surface area is 132 Å². The molecule has 0 unspecified atom stereocenters. The molecule has 0 atom stereocenters. The Balaban J connectivity index is 1.91. The molecule has 0 aliphatic rings. The van der Waals surface area contributed by atoms with Crippen molar-refractivity contribution in [2.75, 3.05) is 11.9 Å². The number of rotatable bonds is 4. The lowest BCUT2D eigenvalue weighted by Gasteiger charge is -2.09. The molecule has 22 heavy (non-hydrogen) atoms. The van der Waals surface area contributed by atoms with E-state index < -0.39 is 11.8 Å². The van der Waals surface area contributed by atoms with Crippen molar-refractivity contribution >= 4 is 29.1 Å². The highest BCUT2D eigenvalue weighted by Gasteiger charge is 2.11. The van der Waals surface area contributed by atoms with Crippen molar-refractivity contribution in [3.8, 4) is 5.75 Å². The SMILES string of the molecule is Cc1ccc(NC(=O)CNC(=O)c2cc(Cl)ccn2)c(O)c1. The molecule has 0 fully saturated rings. The van der Waals surface area contributed by atoms with Gasteiger partial charge in [-0.15, -0.1) is 0 Å². The van der Waals surface area contributed by atoms with Gasteiger partial charge in [-0.1, -0.05) is 17.7 Å². The van der Waals surface area contributed by atoms with E-state index in [1.165, 1.54) is 18.3 Å². The van der Waals surface area contributed by atoms with Crippen LogP contribution in [0.5, 0.6) is 5.75 Å². The highest BCUT2D eigenvalue weighted by molar-refractivity contribution is 6.30. The van der Waals surface area contributed by atoms with E-state index in [9.17, 15) is 14.7 Å². The Kier molecular flexibility index (Phi) is 4.95. The summed E-state index contributed by atoms with van der Waals surface area (Å²) in [5, 5.41) is 15.0. The fourth-order valence-electron chi connectivity index (χ4n) is 1.72. The van der Waals surface area contributed by atoms with Gasteiger partial charge < -0.3 is 15.7 Å². The van der Waals surface area contributed by atoms with Gasteiger partial charge in [-0.25, -0.2) is 0 Å². The van der Waals surface area contributed by atoms with E-state index in [0.717, 1.165) is 5.56 Å². The van der Waals surface area contributed by atoms with Crippen LogP contribution in [0.25, 0.3) is 0 Å². The maximum absolute atomic E-state index is 11.8. The van der Waals surface area contributed by atoms with Crippen LogP contribution in [-0.4, -0.2) is 28.4 Å². The molecule has 2 rings (SSSR count). The zero-order chi connectivity index (χ0) is 16.1. The maximum Gasteiger partial charge on any atom is 0.270 e. The third-order valence-corrected chi connectivity index (χ3v) is 3.03.